The highest BCUT2D eigenvalue weighted by molar-refractivity contribution is 6.25. The Hall–Kier alpha value is -2.88. The monoisotopic (exact) mass is 547 g/mol. The van der Waals surface area contributed by atoms with Crippen LogP contribution in [0.3, 0.4) is 0 Å². The number of allylic oxidation sites excluding steroid dienone is 9. The van der Waals surface area contributed by atoms with Crippen molar-refractivity contribution in [2.45, 2.75) is 121 Å². The Balaban J connectivity index is 2.29. The summed E-state index contributed by atoms with van der Waals surface area (Å²) in [5.41, 5.74) is 3.57. The summed E-state index contributed by atoms with van der Waals surface area (Å²) in [5, 5.41) is 11.5. The predicted molar refractivity (Wildman–Crippen MR) is 166 cm³/mol. The number of Topliss-reactive ketones (excluding diaryl/α,β-unsaturated/α-hetero) is 1. The normalized spacial score (nSPS) is 18.2. The summed E-state index contributed by atoms with van der Waals surface area (Å²) < 4.78 is 12.7. The maximum absolute atomic E-state index is 13.9. The second kappa shape index (κ2) is 10.5. The fourth-order valence-corrected chi connectivity index (χ4v) is 4.84. The Labute approximate surface area is 242 Å². The molecule has 4 nitrogen and oxygen atoms in total. The summed E-state index contributed by atoms with van der Waals surface area (Å²) in [6.07, 6.45) is 5.30. The zero-order valence-electron chi connectivity index (χ0n) is 27.4. The van der Waals surface area contributed by atoms with E-state index in [2.05, 4.69) is 83.1 Å². The van der Waals surface area contributed by atoms with Crippen LogP contribution in [0.4, 0.5) is 0 Å². The highest BCUT2D eigenvalue weighted by Crippen LogP contribution is 2.45. The number of carbonyl (C=O) groups is 1. The van der Waals surface area contributed by atoms with Gasteiger partial charge in [0.2, 0.25) is 5.78 Å². The first kappa shape index (κ1) is 31.6. The highest BCUT2D eigenvalue weighted by Gasteiger charge is 2.41. The zero-order chi connectivity index (χ0) is 30.6. The molecule has 0 atom stereocenters. The number of ketones is 1. The van der Waals surface area contributed by atoms with Crippen molar-refractivity contribution in [2.24, 2.45) is 10.8 Å². The first-order valence-electron chi connectivity index (χ1n) is 14.7. The third-order valence-electron chi connectivity index (χ3n) is 7.48. The lowest BCUT2D eigenvalue weighted by Crippen LogP contribution is -2.27. The van der Waals surface area contributed by atoms with Gasteiger partial charge in [0.05, 0.1) is 22.0 Å². The van der Waals surface area contributed by atoms with Gasteiger partial charge in [0.1, 0.15) is 17.3 Å². The second-order valence-corrected chi connectivity index (χ2v) is 15.2. The molecule has 2 aliphatic rings. The number of rotatable bonds is 4. The van der Waals surface area contributed by atoms with Gasteiger partial charge in [-0.1, -0.05) is 55.4 Å². The van der Waals surface area contributed by atoms with Crippen molar-refractivity contribution in [1.29, 1.82) is 0 Å². The van der Waals surface area contributed by atoms with Crippen molar-refractivity contribution in [3.8, 4) is 0 Å². The van der Waals surface area contributed by atoms with Crippen molar-refractivity contribution in [1.82, 2.24) is 0 Å². The Morgan fingerprint density at radius 3 is 1.48 bits per heavy atom. The van der Waals surface area contributed by atoms with Gasteiger partial charge in [-0.2, -0.15) is 0 Å². The molecule has 0 aromatic carbocycles. The lowest BCUT2D eigenvalue weighted by molar-refractivity contribution is -0.113. The van der Waals surface area contributed by atoms with E-state index in [9.17, 15) is 9.90 Å². The molecule has 1 aromatic rings. The summed E-state index contributed by atoms with van der Waals surface area (Å²) in [6, 6.07) is 4.07. The summed E-state index contributed by atoms with van der Waals surface area (Å²) in [4.78, 5) is 13.9. The van der Waals surface area contributed by atoms with E-state index >= 15 is 0 Å². The van der Waals surface area contributed by atoms with Crippen LogP contribution in [0.15, 0.2) is 68.3 Å². The molecular weight excluding hydrogens is 496 g/mol. The van der Waals surface area contributed by atoms with Crippen LogP contribution in [0.5, 0.6) is 0 Å². The fraction of sp³-hybridized carbons (Fsp3) is 0.556. The zero-order valence-corrected chi connectivity index (χ0v) is 27.4. The van der Waals surface area contributed by atoms with Crippen LogP contribution in [0, 0.1) is 10.8 Å². The molecule has 40 heavy (non-hydrogen) atoms. The molecule has 0 radical (unpaired) electrons. The summed E-state index contributed by atoms with van der Waals surface area (Å²) in [7, 11) is 0. The van der Waals surface area contributed by atoms with Crippen molar-refractivity contribution < 1.29 is 19.1 Å². The molecule has 2 heterocycles. The molecule has 0 amide bonds. The van der Waals surface area contributed by atoms with E-state index in [1.54, 1.807) is 0 Å². The van der Waals surface area contributed by atoms with Crippen LogP contribution < -0.4 is 0 Å². The molecular formula is C36H51O4+. The third kappa shape index (κ3) is 6.21. The summed E-state index contributed by atoms with van der Waals surface area (Å²) in [6.45, 7) is 29.5. The molecule has 3 rings (SSSR count). The maximum Gasteiger partial charge on any atom is 0.335 e. The molecule has 0 saturated heterocycles. The molecule has 0 saturated carbocycles. The minimum Gasteiger partial charge on any atom is -0.506 e. The first-order chi connectivity index (χ1) is 18.1. The number of aliphatic hydroxyl groups excluding tert-OH is 1. The Bertz CT molecular complexity index is 1300. The van der Waals surface area contributed by atoms with Crippen LogP contribution in [0.1, 0.15) is 127 Å². The Morgan fingerprint density at radius 2 is 1.15 bits per heavy atom. The van der Waals surface area contributed by atoms with Crippen molar-refractivity contribution in [2.75, 3.05) is 0 Å². The topological polar surface area (TPSA) is 57.8 Å². The average molecular weight is 548 g/mol. The van der Waals surface area contributed by atoms with Crippen LogP contribution in [0.2, 0.25) is 0 Å². The molecule has 0 bridgehead atoms. The number of ether oxygens (including phenoxy) is 1. The van der Waals surface area contributed by atoms with Crippen LogP contribution in [-0.4, -0.2) is 10.9 Å². The van der Waals surface area contributed by atoms with Gasteiger partial charge in [0.15, 0.2) is 0 Å². The molecule has 1 aliphatic heterocycles. The predicted octanol–water partition coefficient (Wildman–Crippen LogP) is 10.3. The van der Waals surface area contributed by atoms with E-state index in [1.165, 1.54) is 0 Å². The standard InChI is InChI=1S/C36H50O4/c1-15-23(21-17-25(33(3,4)5)39-26(18-21)34(6,7)8)29-31(37)30(32(29)38)24(16-2)22-19-27(35(9,10)11)40-28(20-22)36(12,13)14/h17-20H,15-16H2,1-14H3/p+1. The van der Waals surface area contributed by atoms with Gasteiger partial charge in [-0.15, -0.1) is 0 Å². The molecule has 0 spiro atoms. The number of hydrogen-bond acceptors (Lipinski definition) is 3. The van der Waals surface area contributed by atoms with E-state index in [1.807, 2.05) is 38.1 Å². The molecule has 1 aliphatic carbocycles. The van der Waals surface area contributed by atoms with Crippen LogP contribution in [0.25, 0.3) is 5.57 Å². The van der Waals surface area contributed by atoms with Gasteiger partial charge in [-0.3, -0.25) is 4.79 Å². The van der Waals surface area contributed by atoms with Gasteiger partial charge in [0.25, 0.3) is 0 Å². The number of aliphatic hydroxyl groups is 1. The number of carbonyl (C=O) groups excluding carboxylic acids is 1. The Morgan fingerprint density at radius 1 is 0.725 bits per heavy atom. The summed E-state index contributed by atoms with van der Waals surface area (Å²) >= 11 is 0. The van der Waals surface area contributed by atoms with Gasteiger partial charge >= 0.3 is 11.5 Å². The highest BCUT2D eigenvalue weighted by atomic mass is 16.5. The molecule has 4 heteroatoms. The first-order valence-corrected chi connectivity index (χ1v) is 14.7. The van der Waals surface area contributed by atoms with Gasteiger partial charge in [0, 0.05) is 23.0 Å². The molecule has 0 unspecified atom stereocenters. The fourth-order valence-electron chi connectivity index (χ4n) is 4.84. The van der Waals surface area contributed by atoms with Gasteiger partial charge in [-0.05, 0) is 88.8 Å². The third-order valence-corrected chi connectivity index (χ3v) is 7.48. The lowest BCUT2D eigenvalue weighted by atomic mass is 9.75. The van der Waals surface area contributed by atoms with Crippen molar-refractivity contribution in [3.05, 3.63) is 80.9 Å². The van der Waals surface area contributed by atoms with E-state index in [0.717, 1.165) is 45.3 Å². The van der Waals surface area contributed by atoms with Crippen molar-refractivity contribution >= 4 is 11.4 Å². The SMILES string of the molecule is CCC(=C1C=C(C(C)(C)C)OC(C(C)(C)C)=C1)C1=C(O)C(=C(CC)c2cc(C(C)(C)C)[o+]c(C(C)(C)C)c2)C1=O. The quantitative estimate of drug-likeness (QED) is 0.301. The van der Waals surface area contributed by atoms with E-state index in [4.69, 9.17) is 9.15 Å². The molecule has 218 valence electrons. The summed E-state index contributed by atoms with van der Waals surface area (Å²) in [5.74, 6) is 3.41. The van der Waals surface area contributed by atoms with Crippen LogP contribution >= 0.6 is 0 Å². The Kier molecular flexibility index (Phi) is 8.31. The van der Waals surface area contributed by atoms with Gasteiger partial charge in [-0.25, -0.2) is 4.42 Å². The lowest BCUT2D eigenvalue weighted by Gasteiger charge is -2.34. The number of hydrogen-bond donors (Lipinski definition) is 1. The van der Waals surface area contributed by atoms with Crippen LogP contribution in [-0.2, 0) is 20.4 Å². The van der Waals surface area contributed by atoms with Gasteiger partial charge < -0.3 is 9.84 Å². The smallest absolute Gasteiger partial charge is 0.335 e. The largest absolute Gasteiger partial charge is 0.506 e. The minimum atomic E-state index is -0.205. The average Bonchev–Trinajstić information content (AvgIpc) is 2.82. The molecule has 1 aromatic heterocycles. The second-order valence-electron chi connectivity index (χ2n) is 15.2. The maximum atomic E-state index is 13.9. The molecule has 0 fully saturated rings. The van der Waals surface area contributed by atoms with Crippen molar-refractivity contribution in [3.63, 3.8) is 0 Å². The minimum absolute atomic E-state index is 0.0875. The van der Waals surface area contributed by atoms with E-state index in [0.29, 0.717) is 24.0 Å². The van der Waals surface area contributed by atoms with E-state index < -0.39 is 0 Å². The molecule has 1 N–H and O–H groups in total. The van der Waals surface area contributed by atoms with E-state index in [-0.39, 0.29) is 33.2 Å².